The first-order valence-corrected chi connectivity index (χ1v) is 9.31. The highest BCUT2D eigenvalue weighted by molar-refractivity contribution is 6.29. The van der Waals surface area contributed by atoms with Gasteiger partial charge in [0.25, 0.3) is 0 Å². The first-order valence-electron chi connectivity index (χ1n) is 8.93. The van der Waals surface area contributed by atoms with Gasteiger partial charge in [0.05, 0.1) is 22.7 Å². The number of aliphatic imine (C=N–C) groups is 1. The molecule has 3 aromatic rings. The van der Waals surface area contributed by atoms with Crippen molar-refractivity contribution in [3.63, 3.8) is 0 Å². The topological polar surface area (TPSA) is 112 Å². The van der Waals surface area contributed by atoms with Gasteiger partial charge in [0.15, 0.2) is 0 Å². The predicted molar refractivity (Wildman–Crippen MR) is 110 cm³/mol. The number of halogens is 7. The minimum absolute atomic E-state index is 0.0297. The molecule has 0 aliphatic rings. The molecule has 3 N–H and O–H groups in total. The van der Waals surface area contributed by atoms with Crippen molar-refractivity contribution in [1.29, 1.82) is 5.41 Å². The highest BCUT2D eigenvalue weighted by atomic mass is 35.5. The van der Waals surface area contributed by atoms with E-state index in [0.717, 1.165) is 0 Å². The lowest BCUT2D eigenvalue weighted by Gasteiger charge is -2.20. The number of hydrogen-bond acceptors (Lipinski definition) is 6. The Morgan fingerprint density at radius 1 is 1.09 bits per heavy atom. The van der Waals surface area contributed by atoms with Crippen molar-refractivity contribution in [3.8, 4) is 0 Å². The number of anilines is 2. The van der Waals surface area contributed by atoms with Crippen LogP contribution in [-0.2, 0) is 12.4 Å². The van der Waals surface area contributed by atoms with E-state index in [4.69, 9.17) is 17.0 Å². The first kappa shape index (κ1) is 24.1. The van der Waals surface area contributed by atoms with Crippen molar-refractivity contribution in [1.82, 2.24) is 19.9 Å². The Balaban J connectivity index is 2.11. The van der Waals surface area contributed by atoms with Crippen LogP contribution in [0.3, 0.4) is 0 Å². The molecule has 0 amide bonds. The average molecular weight is 491 g/mol. The molecule has 0 fully saturated rings. The summed E-state index contributed by atoms with van der Waals surface area (Å²) in [6, 6.07) is 1.10. The molecule has 1 aromatic carbocycles. The zero-order valence-corrected chi connectivity index (χ0v) is 17.2. The largest absolute Gasteiger partial charge is 0.418 e. The lowest BCUT2D eigenvalue weighted by Crippen LogP contribution is -2.33. The van der Waals surface area contributed by atoms with E-state index >= 15 is 0 Å². The van der Waals surface area contributed by atoms with E-state index in [1.165, 1.54) is 19.3 Å². The van der Waals surface area contributed by atoms with Crippen LogP contribution in [-0.4, -0.2) is 38.2 Å². The standard InChI is InChI=1S/C18H13ClF6N8/c1-8(13(29-7-26)33-16-27-3-2-4-28-16)30-14-10-5-9(17(20,21)22)6-11(18(23,24)25)12(10)31-15(19)32-14/h2-8H,1H3,(H,30,31,32)(H2,26,27,28,29,33). The van der Waals surface area contributed by atoms with Gasteiger partial charge in [-0.05, 0) is 36.7 Å². The highest BCUT2D eigenvalue weighted by Crippen LogP contribution is 2.41. The molecule has 0 bridgehead atoms. The third-order valence-corrected chi connectivity index (χ3v) is 4.35. The normalized spacial score (nSPS) is 13.6. The molecule has 1 unspecified atom stereocenters. The van der Waals surface area contributed by atoms with Crippen LogP contribution in [0.4, 0.5) is 38.1 Å². The Labute approximate surface area is 186 Å². The summed E-state index contributed by atoms with van der Waals surface area (Å²) in [5.74, 6) is -0.277. The summed E-state index contributed by atoms with van der Waals surface area (Å²) in [5.41, 5.74) is -3.96. The number of alkyl halides is 6. The quantitative estimate of drug-likeness (QED) is 0.200. The number of aromatic nitrogens is 4. The maximum absolute atomic E-state index is 13.5. The van der Waals surface area contributed by atoms with Crippen LogP contribution in [0.25, 0.3) is 10.9 Å². The van der Waals surface area contributed by atoms with Crippen LogP contribution < -0.4 is 10.6 Å². The van der Waals surface area contributed by atoms with E-state index in [2.05, 4.69) is 35.6 Å². The summed E-state index contributed by atoms with van der Waals surface area (Å²) in [4.78, 5) is 18.9. The number of rotatable bonds is 5. The van der Waals surface area contributed by atoms with Gasteiger partial charge in [0, 0.05) is 17.8 Å². The maximum Gasteiger partial charge on any atom is 0.418 e. The molecule has 174 valence electrons. The molecular weight excluding hydrogens is 478 g/mol. The van der Waals surface area contributed by atoms with Crippen LogP contribution in [0.5, 0.6) is 0 Å². The molecule has 0 radical (unpaired) electrons. The van der Waals surface area contributed by atoms with Crippen LogP contribution in [0.1, 0.15) is 18.1 Å². The van der Waals surface area contributed by atoms with Crippen molar-refractivity contribution in [2.45, 2.75) is 25.3 Å². The number of hydrogen-bond donors (Lipinski definition) is 3. The Bertz CT molecular complexity index is 1200. The van der Waals surface area contributed by atoms with Gasteiger partial charge in [0.1, 0.15) is 18.0 Å². The summed E-state index contributed by atoms with van der Waals surface area (Å²) in [6.07, 6.45) is -6.68. The zero-order valence-electron chi connectivity index (χ0n) is 16.4. The second-order valence-electron chi connectivity index (χ2n) is 6.46. The van der Waals surface area contributed by atoms with Crippen molar-refractivity contribution in [2.24, 2.45) is 4.99 Å². The maximum atomic E-state index is 13.5. The van der Waals surface area contributed by atoms with Crippen molar-refractivity contribution in [2.75, 3.05) is 10.6 Å². The fourth-order valence-corrected chi connectivity index (χ4v) is 2.94. The van der Waals surface area contributed by atoms with Crippen LogP contribution in [0.2, 0.25) is 5.28 Å². The molecule has 0 aliphatic heterocycles. The molecule has 15 heteroatoms. The fourth-order valence-electron chi connectivity index (χ4n) is 2.77. The van der Waals surface area contributed by atoms with E-state index in [-0.39, 0.29) is 17.9 Å². The molecule has 2 aromatic heterocycles. The third-order valence-electron chi connectivity index (χ3n) is 4.18. The van der Waals surface area contributed by atoms with Gasteiger partial charge >= 0.3 is 12.4 Å². The van der Waals surface area contributed by atoms with E-state index in [9.17, 15) is 26.3 Å². The Kier molecular flexibility index (Phi) is 6.67. The number of fused-ring (bicyclic) bond motifs is 1. The predicted octanol–water partition coefficient (Wildman–Crippen LogP) is 5.03. The van der Waals surface area contributed by atoms with Gasteiger partial charge in [-0.15, -0.1) is 0 Å². The van der Waals surface area contributed by atoms with E-state index in [0.29, 0.717) is 12.4 Å². The summed E-state index contributed by atoms with van der Waals surface area (Å²) in [7, 11) is 0. The summed E-state index contributed by atoms with van der Waals surface area (Å²) in [6.45, 7) is 1.47. The Hall–Kier alpha value is -3.55. The molecule has 0 aliphatic carbocycles. The molecule has 0 spiro atoms. The lowest BCUT2D eigenvalue weighted by atomic mass is 10.0. The Morgan fingerprint density at radius 2 is 1.76 bits per heavy atom. The molecular formula is C18H13ClF6N8. The fraction of sp³-hybridized carbons (Fsp3) is 0.222. The molecule has 0 saturated heterocycles. The zero-order chi connectivity index (χ0) is 24.4. The second kappa shape index (κ2) is 9.13. The summed E-state index contributed by atoms with van der Waals surface area (Å²) < 4.78 is 80.5. The molecule has 0 saturated carbocycles. The van der Waals surface area contributed by atoms with Crippen molar-refractivity contribution in [3.05, 3.63) is 47.0 Å². The van der Waals surface area contributed by atoms with Gasteiger partial charge in [0.2, 0.25) is 11.2 Å². The molecule has 2 heterocycles. The average Bonchev–Trinajstić information content (AvgIpc) is 2.72. The molecule has 8 nitrogen and oxygen atoms in total. The minimum Gasteiger partial charge on any atom is -0.360 e. The van der Waals surface area contributed by atoms with Gasteiger partial charge in [-0.2, -0.15) is 26.3 Å². The minimum atomic E-state index is -5.14. The van der Waals surface area contributed by atoms with Gasteiger partial charge in [-0.3, -0.25) is 5.41 Å². The summed E-state index contributed by atoms with van der Waals surface area (Å²) >= 11 is 5.78. The molecule has 3 rings (SSSR count). The smallest absolute Gasteiger partial charge is 0.360 e. The number of benzene rings is 1. The lowest BCUT2D eigenvalue weighted by molar-refractivity contribution is -0.142. The van der Waals surface area contributed by atoms with E-state index in [1.807, 2.05) is 0 Å². The van der Waals surface area contributed by atoms with E-state index < -0.39 is 51.5 Å². The Morgan fingerprint density at radius 3 is 2.33 bits per heavy atom. The number of nitrogens with one attached hydrogen (secondary N) is 3. The van der Waals surface area contributed by atoms with E-state index in [1.54, 1.807) is 6.07 Å². The van der Waals surface area contributed by atoms with Gasteiger partial charge in [-0.25, -0.2) is 24.9 Å². The van der Waals surface area contributed by atoms with Gasteiger partial charge < -0.3 is 10.6 Å². The van der Waals surface area contributed by atoms with Crippen LogP contribution in [0, 0.1) is 5.41 Å². The molecule has 1 atom stereocenters. The third kappa shape index (κ3) is 5.63. The highest BCUT2D eigenvalue weighted by Gasteiger charge is 2.39. The van der Waals surface area contributed by atoms with Crippen molar-refractivity contribution < 1.29 is 26.3 Å². The van der Waals surface area contributed by atoms with Crippen LogP contribution >= 0.6 is 11.6 Å². The first-order chi connectivity index (χ1) is 15.4. The van der Waals surface area contributed by atoms with Crippen LogP contribution in [0.15, 0.2) is 35.6 Å². The van der Waals surface area contributed by atoms with Crippen molar-refractivity contribution >= 4 is 46.4 Å². The summed E-state index contributed by atoms with van der Waals surface area (Å²) in [5, 5.41) is 11.4. The van der Waals surface area contributed by atoms with Gasteiger partial charge in [-0.1, -0.05) is 0 Å². The SMILES string of the molecule is CC(Nc1nc(Cl)nc2c(C(F)(F)F)cc(C(F)(F)F)cc12)/C(=N/C=N)Nc1ncccn1. The second-order valence-corrected chi connectivity index (χ2v) is 6.80. The number of amidine groups is 1. The number of nitrogens with zero attached hydrogens (tertiary/aromatic N) is 5. The monoisotopic (exact) mass is 490 g/mol. The molecule has 33 heavy (non-hydrogen) atoms.